The first kappa shape index (κ1) is 14.7. The lowest BCUT2D eigenvalue weighted by Crippen LogP contribution is -1.93. The summed E-state index contributed by atoms with van der Waals surface area (Å²) in [6.07, 6.45) is 12.5. The molecule has 0 rings (SSSR count). The summed E-state index contributed by atoms with van der Waals surface area (Å²) in [4.78, 5) is 10.2. The zero-order valence-electron chi connectivity index (χ0n) is 9.25. The molecule has 0 aromatic heterocycles. The fourth-order valence-electron chi connectivity index (χ4n) is 1.37. The van der Waals surface area contributed by atoms with Gasteiger partial charge in [0, 0.05) is 11.8 Å². The van der Waals surface area contributed by atoms with Crippen molar-refractivity contribution in [3.63, 3.8) is 0 Å². The Balaban J connectivity index is 3.01. The highest BCUT2D eigenvalue weighted by molar-refractivity contribution is 9.09. The first-order valence-electron chi connectivity index (χ1n) is 5.70. The van der Waals surface area contributed by atoms with Crippen molar-refractivity contribution in [2.75, 3.05) is 5.33 Å². The van der Waals surface area contributed by atoms with Crippen LogP contribution in [0.15, 0.2) is 12.2 Å². The van der Waals surface area contributed by atoms with Crippen molar-refractivity contribution in [2.24, 2.45) is 0 Å². The number of halogens is 1. The van der Waals surface area contributed by atoms with Crippen LogP contribution in [0.25, 0.3) is 0 Å². The van der Waals surface area contributed by atoms with Crippen LogP contribution < -0.4 is 0 Å². The first-order valence-corrected chi connectivity index (χ1v) is 6.82. The van der Waals surface area contributed by atoms with Gasteiger partial charge in [-0.2, -0.15) is 0 Å². The average molecular weight is 277 g/mol. The van der Waals surface area contributed by atoms with Gasteiger partial charge in [0.2, 0.25) is 0 Å². The summed E-state index contributed by atoms with van der Waals surface area (Å²) in [6, 6.07) is 0. The fraction of sp³-hybridized carbons (Fsp3) is 0.750. The second-order valence-corrected chi connectivity index (χ2v) is 4.44. The molecule has 0 bridgehead atoms. The number of carboxylic acids is 1. The van der Waals surface area contributed by atoms with E-state index >= 15 is 0 Å². The van der Waals surface area contributed by atoms with Crippen molar-refractivity contribution in [1.82, 2.24) is 0 Å². The Labute approximate surface area is 101 Å². The molecule has 0 unspecified atom stereocenters. The lowest BCUT2D eigenvalue weighted by molar-refractivity contribution is -0.137. The fourth-order valence-corrected chi connectivity index (χ4v) is 1.63. The molecule has 88 valence electrons. The summed E-state index contributed by atoms with van der Waals surface area (Å²) < 4.78 is 0. The largest absolute Gasteiger partial charge is 0.481 e. The average Bonchev–Trinajstić information content (AvgIpc) is 2.20. The first-order chi connectivity index (χ1) is 7.27. The van der Waals surface area contributed by atoms with Crippen LogP contribution in [0.3, 0.4) is 0 Å². The molecular formula is C12H21BrO2. The van der Waals surface area contributed by atoms with Gasteiger partial charge in [0.25, 0.3) is 0 Å². The minimum absolute atomic E-state index is 0.325. The molecule has 0 aliphatic rings. The third-order valence-electron chi connectivity index (χ3n) is 2.20. The van der Waals surface area contributed by atoms with Gasteiger partial charge in [0.15, 0.2) is 0 Å². The Morgan fingerprint density at radius 1 is 1.00 bits per heavy atom. The summed E-state index contributed by atoms with van der Waals surface area (Å²) in [7, 11) is 0. The zero-order valence-corrected chi connectivity index (χ0v) is 10.8. The Morgan fingerprint density at radius 3 is 2.27 bits per heavy atom. The van der Waals surface area contributed by atoms with Crippen molar-refractivity contribution in [2.45, 2.75) is 51.4 Å². The van der Waals surface area contributed by atoms with Crippen LogP contribution in [-0.2, 0) is 4.79 Å². The molecule has 0 atom stereocenters. The molecule has 2 nitrogen and oxygen atoms in total. The third-order valence-corrected chi connectivity index (χ3v) is 2.66. The number of carbonyl (C=O) groups is 1. The topological polar surface area (TPSA) is 37.3 Å². The van der Waals surface area contributed by atoms with E-state index in [1.165, 1.54) is 19.3 Å². The van der Waals surface area contributed by atoms with Crippen LogP contribution in [0.2, 0.25) is 0 Å². The van der Waals surface area contributed by atoms with Gasteiger partial charge in [-0.25, -0.2) is 0 Å². The smallest absolute Gasteiger partial charge is 0.303 e. The number of hydrogen-bond donors (Lipinski definition) is 1. The molecule has 0 aliphatic heterocycles. The number of hydrogen-bond acceptors (Lipinski definition) is 1. The van der Waals surface area contributed by atoms with E-state index in [-0.39, 0.29) is 0 Å². The minimum atomic E-state index is -0.673. The van der Waals surface area contributed by atoms with Gasteiger partial charge in [-0.05, 0) is 25.7 Å². The van der Waals surface area contributed by atoms with E-state index in [0.29, 0.717) is 6.42 Å². The zero-order chi connectivity index (χ0) is 11.4. The maximum Gasteiger partial charge on any atom is 0.303 e. The molecule has 15 heavy (non-hydrogen) atoms. The second-order valence-electron chi connectivity index (χ2n) is 3.65. The Hall–Kier alpha value is -0.310. The predicted molar refractivity (Wildman–Crippen MR) is 67.5 cm³/mol. The van der Waals surface area contributed by atoms with E-state index in [1.807, 2.05) is 0 Å². The van der Waals surface area contributed by atoms with Crippen molar-refractivity contribution in [3.05, 3.63) is 12.2 Å². The number of carboxylic acid groups (broad SMARTS) is 1. The molecule has 0 saturated carbocycles. The summed E-state index contributed by atoms with van der Waals surface area (Å²) in [5.74, 6) is -0.673. The number of allylic oxidation sites excluding steroid dienone is 2. The molecule has 0 heterocycles. The van der Waals surface area contributed by atoms with E-state index in [4.69, 9.17) is 5.11 Å². The van der Waals surface area contributed by atoms with E-state index in [9.17, 15) is 4.79 Å². The van der Waals surface area contributed by atoms with Gasteiger partial charge in [0.1, 0.15) is 0 Å². The van der Waals surface area contributed by atoms with Gasteiger partial charge in [-0.3, -0.25) is 4.79 Å². The lowest BCUT2D eigenvalue weighted by atomic mass is 10.1. The van der Waals surface area contributed by atoms with Gasteiger partial charge < -0.3 is 5.11 Å². The van der Waals surface area contributed by atoms with Crippen molar-refractivity contribution >= 4 is 21.9 Å². The molecule has 3 heteroatoms. The Morgan fingerprint density at radius 2 is 1.60 bits per heavy atom. The van der Waals surface area contributed by atoms with Gasteiger partial charge in [0.05, 0.1) is 0 Å². The molecule has 0 fully saturated rings. The van der Waals surface area contributed by atoms with E-state index < -0.39 is 5.97 Å². The van der Waals surface area contributed by atoms with Crippen LogP contribution in [0, 0.1) is 0 Å². The molecule has 1 N–H and O–H groups in total. The highest BCUT2D eigenvalue weighted by atomic mass is 79.9. The molecular weight excluding hydrogens is 256 g/mol. The summed E-state index contributed by atoms with van der Waals surface area (Å²) in [5, 5.41) is 9.46. The maximum absolute atomic E-state index is 10.2. The minimum Gasteiger partial charge on any atom is -0.481 e. The van der Waals surface area contributed by atoms with E-state index in [1.54, 1.807) is 0 Å². The highest BCUT2D eigenvalue weighted by Crippen LogP contribution is 2.07. The van der Waals surface area contributed by atoms with Crippen molar-refractivity contribution in [1.29, 1.82) is 0 Å². The number of unbranched alkanes of at least 4 members (excludes halogenated alkanes) is 5. The van der Waals surface area contributed by atoms with Crippen molar-refractivity contribution in [3.8, 4) is 0 Å². The number of aliphatic carboxylic acids is 1. The van der Waals surface area contributed by atoms with Gasteiger partial charge in [-0.15, -0.1) is 0 Å². The third kappa shape index (κ3) is 13.7. The SMILES string of the molecule is O=C(O)CCCCCCC/C=C\CCBr. The summed E-state index contributed by atoms with van der Waals surface area (Å²) >= 11 is 3.37. The predicted octanol–water partition coefficient (Wildman–Crippen LogP) is 4.14. The molecule has 0 spiro atoms. The van der Waals surface area contributed by atoms with Crippen LogP contribution >= 0.6 is 15.9 Å². The van der Waals surface area contributed by atoms with E-state index in [0.717, 1.165) is 31.0 Å². The number of alkyl halides is 1. The Bertz CT molecular complexity index is 178. The van der Waals surface area contributed by atoms with E-state index in [2.05, 4.69) is 28.1 Å². The molecule has 0 radical (unpaired) electrons. The quantitative estimate of drug-likeness (QED) is 0.370. The lowest BCUT2D eigenvalue weighted by Gasteiger charge is -1.98. The summed E-state index contributed by atoms with van der Waals surface area (Å²) in [6.45, 7) is 0. The van der Waals surface area contributed by atoms with Crippen molar-refractivity contribution < 1.29 is 9.90 Å². The monoisotopic (exact) mass is 276 g/mol. The molecule has 0 aliphatic carbocycles. The molecule has 0 aromatic carbocycles. The van der Waals surface area contributed by atoms with Gasteiger partial charge in [-0.1, -0.05) is 47.3 Å². The van der Waals surface area contributed by atoms with Crippen LogP contribution in [0.4, 0.5) is 0 Å². The highest BCUT2D eigenvalue weighted by Gasteiger charge is 1.95. The normalized spacial score (nSPS) is 11.0. The van der Waals surface area contributed by atoms with Crippen LogP contribution in [0.5, 0.6) is 0 Å². The van der Waals surface area contributed by atoms with Crippen LogP contribution in [0.1, 0.15) is 51.4 Å². The molecule has 0 saturated heterocycles. The van der Waals surface area contributed by atoms with Gasteiger partial charge >= 0.3 is 5.97 Å². The molecule has 0 aromatic rings. The number of rotatable bonds is 10. The Kier molecular flexibility index (Phi) is 11.5. The maximum atomic E-state index is 10.2. The summed E-state index contributed by atoms with van der Waals surface area (Å²) in [5.41, 5.74) is 0. The van der Waals surface area contributed by atoms with Crippen LogP contribution in [-0.4, -0.2) is 16.4 Å². The molecule has 0 amide bonds. The standard InChI is InChI=1S/C12H21BrO2/c13-11-9-7-5-3-1-2-4-6-8-10-12(14)15/h5,7H,1-4,6,8-11H2,(H,14,15)/b7-5-. The second kappa shape index (κ2) is 11.8.